The second kappa shape index (κ2) is 10.5. The van der Waals surface area contributed by atoms with Crippen LogP contribution in [0.3, 0.4) is 0 Å². The highest BCUT2D eigenvalue weighted by Crippen LogP contribution is 2.26. The van der Waals surface area contributed by atoms with Crippen molar-refractivity contribution in [2.24, 2.45) is 10.2 Å². The molecule has 0 aliphatic carbocycles. The molecule has 3 rings (SSSR count). The second-order valence-electron chi connectivity index (χ2n) is 6.51. The van der Waals surface area contributed by atoms with Crippen LogP contribution in [0.4, 0.5) is 5.69 Å². The Hall–Kier alpha value is -4.53. The number of benzene rings is 3. The normalized spacial score (nSPS) is 10.9. The van der Waals surface area contributed by atoms with Gasteiger partial charge in [0.15, 0.2) is 23.0 Å². The van der Waals surface area contributed by atoms with Gasteiger partial charge in [-0.25, -0.2) is 5.43 Å². The summed E-state index contributed by atoms with van der Waals surface area (Å²) in [5.41, 5.74) is 7.50. The standard InChI is InChI=1S/C23H22N4O5/c1-31-21-8-6-15(10-19(21)28)13-24-26-18-5-3-4-17(12-18)23(30)27-25-14-16-7-9-22(32-2)20(29)11-16/h3-14,26,28-29H,1-2H3,(H,27,30)/b24-13+,25-14+. The number of aromatic hydroxyl groups is 2. The fourth-order valence-corrected chi connectivity index (χ4v) is 2.72. The van der Waals surface area contributed by atoms with Gasteiger partial charge in [-0.05, 0) is 65.7 Å². The number of rotatable bonds is 8. The van der Waals surface area contributed by atoms with Gasteiger partial charge in [0.05, 0.1) is 32.3 Å². The number of anilines is 1. The van der Waals surface area contributed by atoms with E-state index in [1.807, 2.05) is 0 Å². The fourth-order valence-electron chi connectivity index (χ4n) is 2.72. The molecular weight excluding hydrogens is 412 g/mol. The Morgan fingerprint density at radius 1 is 0.844 bits per heavy atom. The number of carbonyl (C=O) groups excluding carboxylic acids is 1. The number of nitrogens with one attached hydrogen (secondary N) is 2. The molecule has 3 aromatic carbocycles. The number of phenolic OH excluding ortho intramolecular Hbond substituents is 2. The van der Waals surface area contributed by atoms with Crippen LogP contribution >= 0.6 is 0 Å². The monoisotopic (exact) mass is 434 g/mol. The van der Waals surface area contributed by atoms with E-state index in [2.05, 4.69) is 21.1 Å². The van der Waals surface area contributed by atoms with Crippen molar-refractivity contribution in [2.45, 2.75) is 0 Å². The first kappa shape index (κ1) is 22.2. The molecule has 9 nitrogen and oxygen atoms in total. The highest BCUT2D eigenvalue weighted by atomic mass is 16.5. The van der Waals surface area contributed by atoms with Crippen molar-refractivity contribution in [3.8, 4) is 23.0 Å². The molecule has 32 heavy (non-hydrogen) atoms. The molecule has 0 saturated heterocycles. The van der Waals surface area contributed by atoms with Crippen LogP contribution in [0, 0.1) is 0 Å². The highest BCUT2D eigenvalue weighted by molar-refractivity contribution is 5.95. The van der Waals surface area contributed by atoms with Crippen molar-refractivity contribution < 1.29 is 24.5 Å². The largest absolute Gasteiger partial charge is 0.504 e. The summed E-state index contributed by atoms with van der Waals surface area (Å²) < 4.78 is 9.99. The first-order valence-electron chi connectivity index (χ1n) is 9.46. The number of phenols is 2. The number of carbonyl (C=O) groups is 1. The van der Waals surface area contributed by atoms with Gasteiger partial charge in [-0.1, -0.05) is 6.07 Å². The summed E-state index contributed by atoms with van der Waals surface area (Å²) in [6, 6.07) is 16.4. The van der Waals surface area contributed by atoms with E-state index >= 15 is 0 Å². The molecule has 4 N–H and O–H groups in total. The van der Waals surface area contributed by atoms with E-state index in [-0.39, 0.29) is 11.5 Å². The Labute approximate surface area is 184 Å². The van der Waals surface area contributed by atoms with E-state index < -0.39 is 5.91 Å². The van der Waals surface area contributed by atoms with E-state index in [0.29, 0.717) is 33.9 Å². The summed E-state index contributed by atoms with van der Waals surface area (Å²) >= 11 is 0. The average Bonchev–Trinajstić information content (AvgIpc) is 2.79. The molecule has 0 unspecified atom stereocenters. The van der Waals surface area contributed by atoms with Gasteiger partial charge < -0.3 is 19.7 Å². The van der Waals surface area contributed by atoms with E-state index in [1.54, 1.807) is 48.5 Å². The number of ether oxygens (including phenoxy) is 2. The first-order chi connectivity index (χ1) is 15.5. The Bertz CT molecular complexity index is 1160. The lowest BCUT2D eigenvalue weighted by atomic mass is 10.2. The Morgan fingerprint density at radius 3 is 2.00 bits per heavy atom. The molecule has 0 fully saturated rings. The summed E-state index contributed by atoms with van der Waals surface area (Å²) in [6.45, 7) is 0. The molecule has 0 saturated carbocycles. The van der Waals surface area contributed by atoms with Gasteiger partial charge >= 0.3 is 0 Å². The number of hydrogen-bond donors (Lipinski definition) is 4. The molecule has 3 aromatic rings. The van der Waals surface area contributed by atoms with E-state index in [4.69, 9.17) is 9.47 Å². The van der Waals surface area contributed by atoms with Crippen LogP contribution in [0.25, 0.3) is 0 Å². The van der Waals surface area contributed by atoms with Crippen molar-refractivity contribution in [3.63, 3.8) is 0 Å². The van der Waals surface area contributed by atoms with E-state index in [0.717, 1.165) is 0 Å². The quantitative estimate of drug-likeness (QED) is 0.318. The maximum atomic E-state index is 12.3. The molecule has 0 aliphatic rings. The maximum absolute atomic E-state index is 12.3. The van der Waals surface area contributed by atoms with Crippen molar-refractivity contribution in [1.82, 2.24) is 5.43 Å². The van der Waals surface area contributed by atoms with Crippen molar-refractivity contribution in [1.29, 1.82) is 0 Å². The number of amides is 1. The third-order valence-electron chi connectivity index (χ3n) is 4.32. The van der Waals surface area contributed by atoms with Gasteiger partial charge in [0, 0.05) is 5.56 Å². The summed E-state index contributed by atoms with van der Waals surface area (Å²) in [5, 5.41) is 27.6. The van der Waals surface area contributed by atoms with Crippen LogP contribution in [0.15, 0.2) is 70.9 Å². The van der Waals surface area contributed by atoms with Crippen LogP contribution in [-0.4, -0.2) is 42.8 Å². The molecule has 164 valence electrons. The van der Waals surface area contributed by atoms with Crippen LogP contribution in [0.5, 0.6) is 23.0 Å². The van der Waals surface area contributed by atoms with Gasteiger partial charge in [0.25, 0.3) is 5.91 Å². The van der Waals surface area contributed by atoms with Crippen molar-refractivity contribution in [3.05, 3.63) is 77.4 Å². The third kappa shape index (κ3) is 5.76. The molecular formula is C23H22N4O5. The topological polar surface area (TPSA) is 125 Å². The lowest BCUT2D eigenvalue weighted by Gasteiger charge is -2.05. The molecule has 0 aliphatic heterocycles. The zero-order chi connectivity index (χ0) is 22.9. The zero-order valence-electron chi connectivity index (χ0n) is 17.4. The van der Waals surface area contributed by atoms with E-state index in [1.165, 1.54) is 38.8 Å². The summed E-state index contributed by atoms with van der Waals surface area (Å²) in [5.74, 6) is 0.307. The van der Waals surface area contributed by atoms with Gasteiger partial charge in [0.1, 0.15) is 0 Å². The molecule has 0 aromatic heterocycles. The first-order valence-corrected chi connectivity index (χ1v) is 9.46. The van der Waals surface area contributed by atoms with Crippen molar-refractivity contribution in [2.75, 3.05) is 19.6 Å². The lowest BCUT2D eigenvalue weighted by Crippen LogP contribution is -2.17. The van der Waals surface area contributed by atoms with E-state index in [9.17, 15) is 15.0 Å². The third-order valence-corrected chi connectivity index (χ3v) is 4.32. The molecule has 0 bridgehead atoms. The average molecular weight is 434 g/mol. The Kier molecular flexibility index (Phi) is 7.26. The fraction of sp³-hybridized carbons (Fsp3) is 0.0870. The second-order valence-corrected chi connectivity index (χ2v) is 6.51. The number of hydrazone groups is 2. The highest BCUT2D eigenvalue weighted by Gasteiger charge is 2.06. The van der Waals surface area contributed by atoms with Gasteiger partial charge in [0.2, 0.25) is 0 Å². The van der Waals surface area contributed by atoms with Crippen LogP contribution in [-0.2, 0) is 0 Å². The minimum absolute atomic E-state index is 0.0144. The van der Waals surface area contributed by atoms with Crippen LogP contribution < -0.4 is 20.3 Å². The smallest absolute Gasteiger partial charge is 0.271 e. The molecule has 0 heterocycles. The molecule has 1 amide bonds. The minimum atomic E-state index is -0.410. The summed E-state index contributed by atoms with van der Waals surface area (Å²) in [7, 11) is 2.93. The maximum Gasteiger partial charge on any atom is 0.271 e. The van der Waals surface area contributed by atoms with Crippen molar-refractivity contribution >= 4 is 24.0 Å². The zero-order valence-corrected chi connectivity index (χ0v) is 17.4. The van der Waals surface area contributed by atoms with Crippen LogP contribution in [0.2, 0.25) is 0 Å². The Balaban J connectivity index is 1.59. The molecule has 0 atom stereocenters. The predicted molar refractivity (Wildman–Crippen MR) is 122 cm³/mol. The number of methoxy groups -OCH3 is 2. The molecule has 0 radical (unpaired) electrons. The SMILES string of the molecule is COc1ccc(/C=N/NC(=O)c2cccc(N/N=C/c3ccc(OC)c(O)c3)c2)cc1O. The lowest BCUT2D eigenvalue weighted by molar-refractivity contribution is 0.0955. The van der Waals surface area contributed by atoms with Crippen LogP contribution in [0.1, 0.15) is 21.5 Å². The molecule has 0 spiro atoms. The Morgan fingerprint density at radius 2 is 1.44 bits per heavy atom. The van der Waals surface area contributed by atoms with Gasteiger partial charge in [-0.3, -0.25) is 10.2 Å². The summed E-state index contributed by atoms with van der Waals surface area (Å²) in [4.78, 5) is 12.3. The number of hydrogen-bond acceptors (Lipinski definition) is 8. The predicted octanol–water partition coefficient (Wildman–Crippen LogP) is 3.32. The van der Waals surface area contributed by atoms with Gasteiger partial charge in [-0.15, -0.1) is 0 Å². The number of nitrogens with zero attached hydrogens (tertiary/aromatic N) is 2. The summed E-state index contributed by atoms with van der Waals surface area (Å²) in [6.07, 6.45) is 2.94. The minimum Gasteiger partial charge on any atom is -0.504 e. The van der Waals surface area contributed by atoms with Gasteiger partial charge in [-0.2, -0.15) is 10.2 Å². The molecule has 9 heteroatoms.